The number of carbonyl (C=O) groups is 2. The number of nitrogens with one attached hydrogen (secondary N) is 1. The first kappa shape index (κ1) is 14.5. The van der Waals surface area contributed by atoms with Gasteiger partial charge >= 0.3 is 12.1 Å². The van der Waals surface area contributed by atoms with E-state index in [0.29, 0.717) is 5.92 Å². The highest BCUT2D eigenvalue weighted by Gasteiger charge is 2.41. The van der Waals surface area contributed by atoms with Crippen LogP contribution in [0.15, 0.2) is 12.7 Å². The van der Waals surface area contributed by atoms with Gasteiger partial charge in [0.25, 0.3) is 0 Å². The fourth-order valence-corrected chi connectivity index (χ4v) is 1.76. The smallest absolute Gasteiger partial charge is 0.408 e. The molecule has 5 heteroatoms. The highest BCUT2D eigenvalue weighted by atomic mass is 16.6. The molecular formula is C13H21NO4. The standard InChI is InChI=1S/C13H21NO4/c1-5-6-8-7-9(8)18-12(17)14-10(11(15)16)13(2,3)4/h5,8-10H,1,6-7H2,2-4H3,(H,14,17)(H,15,16). The monoisotopic (exact) mass is 255 g/mol. The predicted molar refractivity (Wildman–Crippen MR) is 67.2 cm³/mol. The van der Waals surface area contributed by atoms with E-state index < -0.39 is 23.5 Å². The van der Waals surface area contributed by atoms with Gasteiger partial charge in [0, 0.05) is 5.92 Å². The van der Waals surface area contributed by atoms with Crippen LogP contribution in [0.3, 0.4) is 0 Å². The van der Waals surface area contributed by atoms with Crippen LogP contribution in [-0.2, 0) is 9.53 Å². The highest BCUT2D eigenvalue weighted by Crippen LogP contribution is 2.37. The molecule has 102 valence electrons. The minimum Gasteiger partial charge on any atom is -0.480 e. The zero-order valence-electron chi connectivity index (χ0n) is 11.1. The quantitative estimate of drug-likeness (QED) is 0.738. The summed E-state index contributed by atoms with van der Waals surface area (Å²) in [5, 5.41) is 11.5. The van der Waals surface area contributed by atoms with Gasteiger partial charge in [-0.15, -0.1) is 6.58 Å². The summed E-state index contributed by atoms with van der Waals surface area (Å²) in [6.07, 6.45) is 2.68. The second kappa shape index (κ2) is 5.42. The number of carboxylic acid groups (broad SMARTS) is 1. The Balaban J connectivity index is 2.44. The van der Waals surface area contributed by atoms with Crippen molar-refractivity contribution in [3.05, 3.63) is 12.7 Å². The highest BCUT2D eigenvalue weighted by molar-refractivity contribution is 5.80. The van der Waals surface area contributed by atoms with Crippen LogP contribution in [0, 0.1) is 11.3 Å². The van der Waals surface area contributed by atoms with Gasteiger partial charge in [-0.05, 0) is 18.3 Å². The Morgan fingerprint density at radius 2 is 2.17 bits per heavy atom. The molecule has 0 saturated heterocycles. The Morgan fingerprint density at radius 3 is 2.61 bits per heavy atom. The number of alkyl carbamates (subject to hydrolysis) is 1. The fraction of sp³-hybridized carbons (Fsp3) is 0.692. The number of carbonyl (C=O) groups excluding carboxylic acids is 1. The third-order valence-corrected chi connectivity index (χ3v) is 2.96. The summed E-state index contributed by atoms with van der Waals surface area (Å²) < 4.78 is 5.14. The lowest BCUT2D eigenvalue weighted by molar-refractivity contribution is -0.142. The molecular weight excluding hydrogens is 234 g/mol. The lowest BCUT2D eigenvalue weighted by Gasteiger charge is -2.27. The van der Waals surface area contributed by atoms with Gasteiger partial charge in [-0.3, -0.25) is 0 Å². The second-order valence-corrected chi connectivity index (χ2v) is 5.75. The van der Waals surface area contributed by atoms with Gasteiger partial charge in [-0.2, -0.15) is 0 Å². The zero-order chi connectivity index (χ0) is 13.9. The molecule has 0 aromatic carbocycles. The molecule has 2 N–H and O–H groups in total. The molecule has 0 aromatic heterocycles. The van der Waals surface area contributed by atoms with Crippen molar-refractivity contribution in [2.45, 2.75) is 45.8 Å². The van der Waals surface area contributed by atoms with Gasteiger partial charge in [0.15, 0.2) is 0 Å². The normalized spacial score (nSPS) is 23.9. The SMILES string of the molecule is C=CCC1CC1OC(=O)NC(C(=O)O)C(C)(C)C. The van der Waals surface area contributed by atoms with Crippen LogP contribution >= 0.6 is 0 Å². The summed E-state index contributed by atoms with van der Waals surface area (Å²) in [6.45, 7) is 8.89. The van der Waals surface area contributed by atoms with E-state index >= 15 is 0 Å². The van der Waals surface area contributed by atoms with Crippen molar-refractivity contribution >= 4 is 12.1 Å². The molecule has 5 nitrogen and oxygen atoms in total. The molecule has 1 saturated carbocycles. The van der Waals surface area contributed by atoms with Crippen LogP contribution in [0.4, 0.5) is 4.79 Å². The summed E-state index contributed by atoms with van der Waals surface area (Å²) in [7, 11) is 0. The maximum atomic E-state index is 11.6. The first-order valence-electron chi connectivity index (χ1n) is 6.06. The van der Waals surface area contributed by atoms with E-state index in [4.69, 9.17) is 9.84 Å². The van der Waals surface area contributed by atoms with Crippen LogP contribution in [0.5, 0.6) is 0 Å². The number of rotatable bonds is 5. The Kier molecular flexibility index (Phi) is 4.38. The average molecular weight is 255 g/mol. The zero-order valence-corrected chi connectivity index (χ0v) is 11.1. The van der Waals surface area contributed by atoms with E-state index in [-0.39, 0.29) is 6.10 Å². The Labute approximate surface area is 107 Å². The number of amides is 1. The van der Waals surface area contributed by atoms with Gasteiger partial charge in [0.05, 0.1) is 0 Å². The summed E-state index contributed by atoms with van der Waals surface area (Å²) in [5.41, 5.74) is -0.561. The number of ether oxygens (including phenoxy) is 1. The average Bonchev–Trinajstić information content (AvgIpc) is 2.91. The molecule has 18 heavy (non-hydrogen) atoms. The summed E-state index contributed by atoms with van der Waals surface area (Å²) in [4.78, 5) is 22.6. The third-order valence-electron chi connectivity index (χ3n) is 2.96. The molecule has 1 aliphatic rings. The van der Waals surface area contributed by atoms with Gasteiger partial charge in [-0.25, -0.2) is 9.59 Å². The van der Waals surface area contributed by atoms with E-state index in [1.54, 1.807) is 26.8 Å². The molecule has 1 fully saturated rings. The Hall–Kier alpha value is -1.52. The summed E-state index contributed by atoms with van der Waals surface area (Å²) in [6, 6.07) is -0.957. The summed E-state index contributed by atoms with van der Waals surface area (Å²) in [5.74, 6) is -0.718. The number of hydrogen-bond donors (Lipinski definition) is 2. The molecule has 0 spiro atoms. The van der Waals surface area contributed by atoms with Crippen LogP contribution in [0.25, 0.3) is 0 Å². The minimum atomic E-state index is -1.06. The van der Waals surface area contributed by atoms with E-state index in [2.05, 4.69) is 11.9 Å². The fourth-order valence-electron chi connectivity index (χ4n) is 1.76. The number of aliphatic carboxylic acids is 1. The van der Waals surface area contributed by atoms with E-state index in [1.807, 2.05) is 0 Å². The van der Waals surface area contributed by atoms with Crippen molar-refractivity contribution in [1.82, 2.24) is 5.32 Å². The van der Waals surface area contributed by atoms with Crippen molar-refractivity contribution < 1.29 is 19.4 Å². The van der Waals surface area contributed by atoms with Crippen molar-refractivity contribution in [3.63, 3.8) is 0 Å². The molecule has 0 radical (unpaired) electrons. The largest absolute Gasteiger partial charge is 0.480 e. The minimum absolute atomic E-state index is 0.0996. The summed E-state index contributed by atoms with van der Waals surface area (Å²) >= 11 is 0. The molecule has 1 aliphatic carbocycles. The van der Waals surface area contributed by atoms with Crippen molar-refractivity contribution in [2.75, 3.05) is 0 Å². The predicted octanol–water partition coefficient (Wildman–Crippen LogP) is 2.18. The van der Waals surface area contributed by atoms with Crippen LogP contribution in [0.2, 0.25) is 0 Å². The molecule has 3 unspecified atom stereocenters. The van der Waals surface area contributed by atoms with Crippen LogP contribution < -0.4 is 5.32 Å². The Bertz CT molecular complexity index is 345. The lowest BCUT2D eigenvalue weighted by Crippen LogP contribution is -2.49. The van der Waals surface area contributed by atoms with E-state index in [9.17, 15) is 9.59 Å². The van der Waals surface area contributed by atoms with Crippen LogP contribution in [-0.4, -0.2) is 29.3 Å². The maximum Gasteiger partial charge on any atom is 0.408 e. The molecule has 0 aliphatic heterocycles. The van der Waals surface area contributed by atoms with Crippen LogP contribution in [0.1, 0.15) is 33.6 Å². The molecule has 0 bridgehead atoms. The number of hydrogen-bond acceptors (Lipinski definition) is 3. The molecule has 1 amide bonds. The first-order chi connectivity index (χ1) is 8.25. The van der Waals surface area contributed by atoms with E-state index in [1.165, 1.54) is 0 Å². The van der Waals surface area contributed by atoms with E-state index in [0.717, 1.165) is 12.8 Å². The molecule has 3 atom stereocenters. The molecule has 1 rings (SSSR count). The van der Waals surface area contributed by atoms with Crippen molar-refractivity contribution in [2.24, 2.45) is 11.3 Å². The number of carboxylic acids is 1. The Morgan fingerprint density at radius 1 is 1.56 bits per heavy atom. The molecule has 0 heterocycles. The van der Waals surface area contributed by atoms with Gasteiger partial charge in [-0.1, -0.05) is 26.8 Å². The van der Waals surface area contributed by atoms with Gasteiger partial charge in [0.1, 0.15) is 12.1 Å². The maximum absolute atomic E-state index is 11.6. The number of allylic oxidation sites excluding steroid dienone is 1. The first-order valence-corrected chi connectivity index (χ1v) is 6.06. The third kappa shape index (κ3) is 4.05. The van der Waals surface area contributed by atoms with Gasteiger partial charge in [0.2, 0.25) is 0 Å². The van der Waals surface area contributed by atoms with Gasteiger partial charge < -0.3 is 15.2 Å². The topological polar surface area (TPSA) is 75.6 Å². The van der Waals surface area contributed by atoms with Crippen molar-refractivity contribution in [1.29, 1.82) is 0 Å². The molecule has 0 aromatic rings. The second-order valence-electron chi connectivity index (χ2n) is 5.75. The van der Waals surface area contributed by atoms with Crippen molar-refractivity contribution in [3.8, 4) is 0 Å². The lowest BCUT2D eigenvalue weighted by atomic mass is 9.87.